The minimum Gasteiger partial charge on any atom is -0.376 e. The van der Waals surface area contributed by atoms with E-state index in [1.807, 2.05) is 17.5 Å². The van der Waals surface area contributed by atoms with Crippen molar-refractivity contribution in [2.24, 2.45) is 0 Å². The second kappa shape index (κ2) is 8.54. The van der Waals surface area contributed by atoms with E-state index in [2.05, 4.69) is 5.10 Å². The summed E-state index contributed by atoms with van der Waals surface area (Å²) in [5.74, 6) is -0.109. The number of nitro groups is 1. The van der Waals surface area contributed by atoms with Gasteiger partial charge in [-0.1, -0.05) is 6.07 Å². The first kappa shape index (κ1) is 19.3. The van der Waals surface area contributed by atoms with Crippen molar-refractivity contribution in [1.82, 2.24) is 14.7 Å². The van der Waals surface area contributed by atoms with E-state index in [1.165, 1.54) is 18.3 Å². The van der Waals surface area contributed by atoms with Crippen molar-refractivity contribution in [2.45, 2.75) is 25.5 Å². The molecular weight excluding hydrogens is 392 g/mol. The van der Waals surface area contributed by atoms with Gasteiger partial charge in [0.15, 0.2) is 0 Å². The van der Waals surface area contributed by atoms with E-state index < -0.39 is 4.92 Å². The van der Waals surface area contributed by atoms with Crippen molar-refractivity contribution in [3.05, 3.63) is 74.7 Å². The molecule has 1 aliphatic heterocycles. The zero-order valence-corrected chi connectivity index (χ0v) is 16.5. The Morgan fingerprint density at radius 2 is 2.17 bits per heavy atom. The Balaban J connectivity index is 1.53. The van der Waals surface area contributed by atoms with Gasteiger partial charge in [0.2, 0.25) is 0 Å². The van der Waals surface area contributed by atoms with Crippen LogP contribution in [0.5, 0.6) is 0 Å². The molecule has 1 atom stereocenters. The zero-order valence-electron chi connectivity index (χ0n) is 15.6. The SMILES string of the molecule is O=C(c1cnn(-c2ccc([N+](=O)[O-])cc2)c1)N(Cc1cccs1)CC1CCCO1. The van der Waals surface area contributed by atoms with Crippen LogP contribution in [0.15, 0.2) is 54.2 Å². The topological polar surface area (TPSA) is 90.5 Å². The van der Waals surface area contributed by atoms with Gasteiger partial charge in [-0.2, -0.15) is 5.10 Å². The average molecular weight is 412 g/mol. The molecule has 9 heteroatoms. The number of non-ortho nitro benzene ring substituents is 1. The van der Waals surface area contributed by atoms with E-state index in [1.54, 1.807) is 39.2 Å². The maximum atomic E-state index is 13.2. The molecule has 150 valence electrons. The van der Waals surface area contributed by atoms with E-state index in [9.17, 15) is 14.9 Å². The number of ether oxygens (including phenoxy) is 1. The summed E-state index contributed by atoms with van der Waals surface area (Å²) in [5, 5.41) is 17.1. The predicted molar refractivity (Wildman–Crippen MR) is 108 cm³/mol. The van der Waals surface area contributed by atoms with Crippen molar-refractivity contribution < 1.29 is 14.5 Å². The number of hydrogen-bond donors (Lipinski definition) is 0. The normalized spacial score (nSPS) is 16.1. The lowest BCUT2D eigenvalue weighted by Crippen LogP contribution is -2.36. The summed E-state index contributed by atoms with van der Waals surface area (Å²) >= 11 is 1.62. The molecule has 8 nitrogen and oxygen atoms in total. The van der Waals surface area contributed by atoms with Crippen molar-refractivity contribution in [3.8, 4) is 5.69 Å². The van der Waals surface area contributed by atoms with Gasteiger partial charge in [0.1, 0.15) is 0 Å². The largest absolute Gasteiger partial charge is 0.376 e. The summed E-state index contributed by atoms with van der Waals surface area (Å²) in [6.07, 6.45) is 5.21. The molecule has 0 saturated carbocycles. The zero-order chi connectivity index (χ0) is 20.2. The molecule has 0 radical (unpaired) electrons. The molecule has 0 N–H and O–H groups in total. The molecule has 3 heterocycles. The maximum Gasteiger partial charge on any atom is 0.269 e. The molecule has 1 saturated heterocycles. The average Bonchev–Trinajstić information content (AvgIpc) is 3.49. The van der Waals surface area contributed by atoms with E-state index in [4.69, 9.17) is 4.74 Å². The Kier molecular flexibility index (Phi) is 5.68. The van der Waals surface area contributed by atoms with Crippen LogP contribution in [0.4, 0.5) is 5.69 Å². The van der Waals surface area contributed by atoms with Crippen LogP contribution in [0.2, 0.25) is 0 Å². The van der Waals surface area contributed by atoms with Crippen LogP contribution in [-0.2, 0) is 11.3 Å². The molecule has 3 aromatic rings. The number of nitro benzene ring substituents is 1. The first-order valence-electron chi connectivity index (χ1n) is 9.33. The lowest BCUT2D eigenvalue weighted by atomic mass is 10.2. The summed E-state index contributed by atoms with van der Waals surface area (Å²) in [6, 6.07) is 10.0. The number of benzene rings is 1. The number of rotatable bonds is 7. The van der Waals surface area contributed by atoms with Crippen molar-refractivity contribution >= 4 is 22.9 Å². The first-order valence-corrected chi connectivity index (χ1v) is 10.2. The number of aromatic nitrogens is 2. The van der Waals surface area contributed by atoms with Gasteiger partial charge in [0.25, 0.3) is 11.6 Å². The quantitative estimate of drug-likeness (QED) is 0.436. The fraction of sp³-hybridized carbons (Fsp3) is 0.300. The third-order valence-corrected chi connectivity index (χ3v) is 5.68. The predicted octanol–water partition coefficient (Wildman–Crippen LogP) is 3.66. The van der Waals surface area contributed by atoms with Gasteiger partial charge in [-0.15, -0.1) is 11.3 Å². The number of carbonyl (C=O) groups is 1. The highest BCUT2D eigenvalue weighted by Gasteiger charge is 2.25. The second-order valence-electron chi connectivity index (χ2n) is 6.85. The van der Waals surface area contributed by atoms with Crippen molar-refractivity contribution in [2.75, 3.05) is 13.2 Å². The summed E-state index contributed by atoms with van der Waals surface area (Å²) in [5.41, 5.74) is 1.13. The Bertz CT molecular complexity index is 978. The number of nitrogens with zero attached hydrogens (tertiary/aromatic N) is 4. The molecule has 1 aliphatic rings. The Hall–Kier alpha value is -3.04. The summed E-state index contributed by atoms with van der Waals surface area (Å²) < 4.78 is 7.28. The second-order valence-corrected chi connectivity index (χ2v) is 7.88. The van der Waals surface area contributed by atoms with Gasteiger partial charge >= 0.3 is 0 Å². The monoisotopic (exact) mass is 412 g/mol. The Morgan fingerprint density at radius 3 is 2.83 bits per heavy atom. The number of amides is 1. The Morgan fingerprint density at radius 1 is 1.34 bits per heavy atom. The lowest BCUT2D eigenvalue weighted by molar-refractivity contribution is -0.384. The van der Waals surface area contributed by atoms with Gasteiger partial charge in [0.05, 0.1) is 35.0 Å². The third kappa shape index (κ3) is 4.52. The molecule has 29 heavy (non-hydrogen) atoms. The molecule has 4 rings (SSSR count). The van der Waals surface area contributed by atoms with E-state index in [0.29, 0.717) is 24.3 Å². The smallest absolute Gasteiger partial charge is 0.269 e. The van der Waals surface area contributed by atoms with Crippen molar-refractivity contribution in [1.29, 1.82) is 0 Å². The minimum atomic E-state index is -0.449. The van der Waals surface area contributed by atoms with E-state index in [0.717, 1.165) is 24.3 Å². The molecule has 1 amide bonds. The minimum absolute atomic E-state index is 0.0101. The summed E-state index contributed by atoms with van der Waals surface area (Å²) in [6.45, 7) is 1.81. The van der Waals surface area contributed by atoms with Crippen LogP contribution >= 0.6 is 11.3 Å². The Labute approximate surface area is 171 Å². The molecule has 1 fully saturated rings. The molecular formula is C20H20N4O4S. The van der Waals surface area contributed by atoms with Gasteiger partial charge in [-0.05, 0) is 36.4 Å². The van der Waals surface area contributed by atoms with Gasteiger partial charge in [0, 0.05) is 36.4 Å². The number of carbonyl (C=O) groups excluding carboxylic acids is 1. The molecule has 1 unspecified atom stereocenters. The molecule has 0 aliphatic carbocycles. The van der Waals surface area contributed by atoms with Crippen LogP contribution in [0, 0.1) is 10.1 Å². The highest BCUT2D eigenvalue weighted by Crippen LogP contribution is 2.20. The molecule has 2 aromatic heterocycles. The third-order valence-electron chi connectivity index (χ3n) is 4.82. The molecule has 0 bridgehead atoms. The van der Waals surface area contributed by atoms with E-state index >= 15 is 0 Å². The van der Waals surface area contributed by atoms with Crippen LogP contribution in [-0.4, -0.2) is 44.8 Å². The molecule has 0 spiro atoms. The highest BCUT2D eigenvalue weighted by atomic mass is 32.1. The first-order chi connectivity index (χ1) is 14.1. The van der Waals surface area contributed by atoms with Gasteiger partial charge in [-0.3, -0.25) is 14.9 Å². The van der Waals surface area contributed by atoms with Gasteiger partial charge in [-0.25, -0.2) is 4.68 Å². The van der Waals surface area contributed by atoms with Crippen LogP contribution in [0.25, 0.3) is 5.69 Å². The van der Waals surface area contributed by atoms with Crippen LogP contribution in [0.1, 0.15) is 28.1 Å². The van der Waals surface area contributed by atoms with Crippen molar-refractivity contribution in [3.63, 3.8) is 0 Å². The van der Waals surface area contributed by atoms with E-state index in [-0.39, 0.29) is 17.7 Å². The molecule has 1 aromatic carbocycles. The fourth-order valence-electron chi connectivity index (χ4n) is 3.33. The standard InChI is InChI=1S/C20H20N4O4S/c25-20(22(13-18-3-1-9-28-18)14-19-4-2-10-29-19)15-11-21-23(12-15)16-5-7-17(8-6-16)24(26)27/h2,4-8,10-12,18H,1,3,9,13-14H2. The van der Waals surface area contributed by atoms with Crippen LogP contribution in [0.3, 0.4) is 0 Å². The van der Waals surface area contributed by atoms with Crippen LogP contribution < -0.4 is 0 Å². The summed E-state index contributed by atoms with van der Waals surface area (Å²) in [4.78, 5) is 26.5. The summed E-state index contributed by atoms with van der Waals surface area (Å²) in [7, 11) is 0. The van der Waals surface area contributed by atoms with Gasteiger partial charge < -0.3 is 9.64 Å². The lowest BCUT2D eigenvalue weighted by Gasteiger charge is -2.24. The number of hydrogen-bond acceptors (Lipinski definition) is 6. The fourth-order valence-corrected chi connectivity index (χ4v) is 4.05. The maximum absolute atomic E-state index is 13.2. The number of thiophene rings is 1. The highest BCUT2D eigenvalue weighted by molar-refractivity contribution is 7.09.